The van der Waals surface area contributed by atoms with Crippen LogP contribution in [0.1, 0.15) is 125 Å². The predicted octanol–water partition coefficient (Wildman–Crippen LogP) is 8.02. The lowest BCUT2D eigenvalue weighted by Crippen LogP contribution is -2.56. The molecule has 2 heteroatoms. The SMILES string of the molecule is CC[C@]1(O)CC[C@@]2(C)C(CC[C@@H]3C2CC[C@@]2(C)C3CCC2[C@H](C)CCCC(C)(C)OC)C1. The van der Waals surface area contributed by atoms with Gasteiger partial charge < -0.3 is 9.84 Å². The minimum atomic E-state index is -0.370. The summed E-state index contributed by atoms with van der Waals surface area (Å²) in [5.41, 5.74) is 0.712. The van der Waals surface area contributed by atoms with Gasteiger partial charge >= 0.3 is 0 Å². The van der Waals surface area contributed by atoms with Crippen LogP contribution >= 0.6 is 0 Å². The number of aliphatic hydroxyl groups is 1. The van der Waals surface area contributed by atoms with Gasteiger partial charge in [-0.3, -0.25) is 0 Å². The Morgan fingerprint density at radius 1 is 0.969 bits per heavy atom. The standard InChI is InChI=1S/C30H54O2/c1-8-30(31)19-18-28(5)22(20-30)11-12-23-25-14-13-24(29(25,6)17-15-26(23)28)21(2)10-9-16-27(3,4)32-7/h21-26,31H,8-20H2,1-7H3/t21-,22?,23+,24?,25?,26?,28+,29-,30+/m1/s1. The van der Waals surface area contributed by atoms with Crippen LogP contribution in [0.25, 0.3) is 0 Å². The average Bonchev–Trinajstić information content (AvgIpc) is 3.11. The highest BCUT2D eigenvalue weighted by atomic mass is 16.5. The fourth-order valence-corrected chi connectivity index (χ4v) is 9.77. The number of methoxy groups -OCH3 is 1. The molecule has 0 aliphatic heterocycles. The van der Waals surface area contributed by atoms with E-state index in [2.05, 4.69) is 41.5 Å². The predicted molar refractivity (Wildman–Crippen MR) is 135 cm³/mol. The van der Waals surface area contributed by atoms with Crippen molar-refractivity contribution in [2.75, 3.05) is 7.11 Å². The van der Waals surface area contributed by atoms with E-state index < -0.39 is 0 Å². The third-order valence-electron chi connectivity index (χ3n) is 12.2. The van der Waals surface area contributed by atoms with E-state index in [1.165, 1.54) is 64.2 Å². The molecule has 0 bridgehead atoms. The number of rotatable bonds is 7. The van der Waals surface area contributed by atoms with Crippen LogP contribution in [0.2, 0.25) is 0 Å². The van der Waals surface area contributed by atoms with Crippen molar-refractivity contribution in [2.45, 2.75) is 136 Å². The normalized spacial score (nSPS) is 47.4. The summed E-state index contributed by atoms with van der Waals surface area (Å²) in [5, 5.41) is 11.0. The van der Waals surface area contributed by atoms with Crippen LogP contribution in [-0.2, 0) is 4.74 Å². The van der Waals surface area contributed by atoms with Crippen LogP contribution in [0.15, 0.2) is 0 Å². The number of ether oxygens (including phenoxy) is 1. The zero-order valence-electron chi connectivity index (χ0n) is 22.5. The maximum atomic E-state index is 11.0. The van der Waals surface area contributed by atoms with Crippen molar-refractivity contribution >= 4 is 0 Å². The Bertz CT molecular complexity index is 657. The monoisotopic (exact) mass is 446 g/mol. The minimum Gasteiger partial charge on any atom is -0.390 e. The molecule has 4 aliphatic rings. The van der Waals surface area contributed by atoms with E-state index in [0.29, 0.717) is 10.8 Å². The molecule has 186 valence electrons. The Morgan fingerprint density at radius 3 is 2.38 bits per heavy atom. The van der Waals surface area contributed by atoms with Crippen LogP contribution < -0.4 is 0 Å². The molecule has 0 heterocycles. The first-order chi connectivity index (χ1) is 15.0. The van der Waals surface area contributed by atoms with Crippen LogP contribution in [0.5, 0.6) is 0 Å². The molecule has 4 aliphatic carbocycles. The minimum absolute atomic E-state index is 0.0257. The van der Waals surface area contributed by atoms with Gasteiger partial charge in [0.15, 0.2) is 0 Å². The van der Waals surface area contributed by atoms with Crippen LogP contribution in [0.4, 0.5) is 0 Å². The van der Waals surface area contributed by atoms with Gasteiger partial charge in [-0.2, -0.15) is 0 Å². The van der Waals surface area contributed by atoms with Gasteiger partial charge in [-0.05, 0) is 131 Å². The second-order valence-electron chi connectivity index (χ2n) is 14.0. The summed E-state index contributed by atoms with van der Waals surface area (Å²) in [7, 11) is 1.86. The van der Waals surface area contributed by atoms with Crippen molar-refractivity contribution in [1.82, 2.24) is 0 Å². The van der Waals surface area contributed by atoms with E-state index in [9.17, 15) is 5.11 Å². The molecule has 4 saturated carbocycles. The van der Waals surface area contributed by atoms with Crippen LogP contribution in [0.3, 0.4) is 0 Å². The molecule has 0 radical (unpaired) electrons. The van der Waals surface area contributed by atoms with E-state index >= 15 is 0 Å². The molecule has 0 amide bonds. The Morgan fingerprint density at radius 2 is 1.69 bits per heavy atom. The van der Waals surface area contributed by atoms with Gasteiger partial charge in [0.25, 0.3) is 0 Å². The Kier molecular flexibility index (Phi) is 6.92. The van der Waals surface area contributed by atoms with Crippen molar-refractivity contribution in [3.8, 4) is 0 Å². The fourth-order valence-electron chi connectivity index (χ4n) is 9.77. The largest absolute Gasteiger partial charge is 0.390 e. The molecule has 0 aromatic heterocycles. The molecule has 32 heavy (non-hydrogen) atoms. The molecule has 4 rings (SSSR count). The molecular weight excluding hydrogens is 392 g/mol. The highest BCUT2D eigenvalue weighted by Crippen LogP contribution is 2.69. The van der Waals surface area contributed by atoms with Gasteiger partial charge in [-0.15, -0.1) is 0 Å². The summed E-state index contributed by atoms with van der Waals surface area (Å²) in [6, 6.07) is 0. The van der Waals surface area contributed by atoms with E-state index in [-0.39, 0.29) is 11.2 Å². The van der Waals surface area contributed by atoms with Crippen LogP contribution in [0, 0.1) is 46.3 Å². The lowest BCUT2D eigenvalue weighted by atomic mass is 9.43. The molecule has 0 aromatic rings. The summed E-state index contributed by atoms with van der Waals surface area (Å²) in [6.45, 7) is 14.6. The highest BCUT2D eigenvalue weighted by molar-refractivity contribution is 5.10. The fraction of sp³-hybridized carbons (Fsp3) is 1.00. The lowest BCUT2D eigenvalue weighted by molar-refractivity contribution is -0.152. The summed E-state index contributed by atoms with van der Waals surface area (Å²) in [6.07, 6.45) is 16.8. The molecule has 0 saturated heterocycles. The summed E-state index contributed by atoms with van der Waals surface area (Å²) in [4.78, 5) is 0. The summed E-state index contributed by atoms with van der Waals surface area (Å²) >= 11 is 0. The molecule has 4 unspecified atom stereocenters. The molecule has 2 nitrogen and oxygen atoms in total. The van der Waals surface area contributed by atoms with Crippen LogP contribution in [-0.4, -0.2) is 23.4 Å². The van der Waals surface area contributed by atoms with E-state index in [1.807, 2.05) is 7.11 Å². The van der Waals surface area contributed by atoms with Crippen molar-refractivity contribution in [3.05, 3.63) is 0 Å². The maximum absolute atomic E-state index is 11.0. The summed E-state index contributed by atoms with van der Waals surface area (Å²) < 4.78 is 5.67. The zero-order chi connectivity index (χ0) is 23.4. The number of hydrogen-bond donors (Lipinski definition) is 1. The first-order valence-electron chi connectivity index (χ1n) is 14.3. The van der Waals surface area contributed by atoms with Crippen molar-refractivity contribution in [1.29, 1.82) is 0 Å². The number of hydrogen-bond acceptors (Lipinski definition) is 2. The first-order valence-corrected chi connectivity index (χ1v) is 14.3. The summed E-state index contributed by atoms with van der Waals surface area (Å²) in [5.74, 6) is 5.34. The Hall–Kier alpha value is -0.0800. The lowest BCUT2D eigenvalue weighted by Gasteiger charge is -2.62. The number of fused-ring (bicyclic) bond motifs is 5. The van der Waals surface area contributed by atoms with Gasteiger partial charge in [-0.1, -0.05) is 40.5 Å². The maximum Gasteiger partial charge on any atom is 0.0648 e. The second kappa shape index (κ2) is 8.85. The average molecular weight is 447 g/mol. The Labute approximate surface area is 199 Å². The van der Waals surface area contributed by atoms with Gasteiger partial charge in [0, 0.05) is 7.11 Å². The molecule has 9 atom stereocenters. The molecular formula is C30H54O2. The molecule has 4 fully saturated rings. The molecule has 1 N–H and O–H groups in total. The van der Waals surface area contributed by atoms with Gasteiger partial charge in [0.05, 0.1) is 11.2 Å². The van der Waals surface area contributed by atoms with E-state index in [4.69, 9.17) is 4.74 Å². The van der Waals surface area contributed by atoms with Crippen molar-refractivity contribution in [2.24, 2.45) is 46.3 Å². The second-order valence-corrected chi connectivity index (χ2v) is 14.0. The van der Waals surface area contributed by atoms with Gasteiger partial charge in [0.1, 0.15) is 0 Å². The first kappa shape index (κ1) is 25.0. The Balaban J connectivity index is 1.43. The highest BCUT2D eigenvalue weighted by Gasteiger charge is 2.61. The van der Waals surface area contributed by atoms with Gasteiger partial charge in [-0.25, -0.2) is 0 Å². The van der Waals surface area contributed by atoms with Gasteiger partial charge in [0.2, 0.25) is 0 Å². The topological polar surface area (TPSA) is 29.5 Å². The van der Waals surface area contributed by atoms with E-state index in [1.54, 1.807) is 0 Å². The molecule has 0 spiro atoms. The van der Waals surface area contributed by atoms with E-state index in [0.717, 1.165) is 54.8 Å². The third-order valence-corrected chi connectivity index (χ3v) is 12.2. The molecule has 0 aromatic carbocycles. The quantitative estimate of drug-likeness (QED) is 0.429. The smallest absolute Gasteiger partial charge is 0.0648 e. The van der Waals surface area contributed by atoms with Crippen molar-refractivity contribution in [3.63, 3.8) is 0 Å². The van der Waals surface area contributed by atoms with Crippen molar-refractivity contribution < 1.29 is 9.84 Å². The zero-order valence-corrected chi connectivity index (χ0v) is 22.5. The third kappa shape index (κ3) is 4.23.